The first kappa shape index (κ1) is 15.3. The minimum absolute atomic E-state index is 0.0188. The van der Waals surface area contributed by atoms with Crippen LogP contribution in [0.2, 0.25) is 0 Å². The number of primary sulfonamides is 1. The highest BCUT2D eigenvalue weighted by molar-refractivity contribution is 7.89. The van der Waals surface area contributed by atoms with Crippen molar-refractivity contribution in [3.63, 3.8) is 0 Å². The van der Waals surface area contributed by atoms with Gasteiger partial charge in [0.05, 0.1) is 16.8 Å². The molecule has 1 aromatic rings. The van der Waals surface area contributed by atoms with Crippen LogP contribution in [0.15, 0.2) is 23.1 Å². The van der Waals surface area contributed by atoms with Gasteiger partial charge in [-0.15, -0.1) is 0 Å². The van der Waals surface area contributed by atoms with Gasteiger partial charge in [0.1, 0.15) is 4.90 Å². The van der Waals surface area contributed by atoms with E-state index in [0.29, 0.717) is 5.69 Å². The van der Waals surface area contributed by atoms with Gasteiger partial charge in [0, 0.05) is 6.54 Å². The fraction of sp³-hybridized carbons (Fsp3) is 0.364. The van der Waals surface area contributed by atoms with Crippen LogP contribution in [0.4, 0.5) is 11.4 Å². The topological polar surface area (TPSA) is 141 Å². The van der Waals surface area contributed by atoms with E-state index in [4.69, 9.17) is 16.6 Å². The molecule has 19 heavy (non-hydrogen) atoms. The fourth-order valence-corrected chi connectivity index (χ4v) is 2.03. The highest BCUT2D eigenvalue weighted by atomic mass is 32.2. The van der Waals surface area contributed by atoms with E-state index in [1.165, 1.54) is 12.1 Å². The van der Waals surface area contributed by atoms with Crippen LogP contribution in [0.1, 0.15) is 13.8 Å². The number of para-hydroxylation sites is 1. The Morgan fingerprint density at radius 2 is 1.95 bits per heavy atom. The number of nitrogen functional groups attached to an aromatic ring is 1. The van der Waals surface area contributed by atoms with Gasteiger partial charge in [0.25, 0.3) is 0 Å². The minimum Gasteiger partial charge on any atom is -0.396 e. The van der Waals surface area contributed by atoms with Crippen LogP contribution in [-0.4, -0.2) is 20.9 Å². The molecule has 1 amide bonds. The van der Waals surface area contributed by atoms with Crippen molar-refractivity contribution in [2.24, 2.45) is 16.3 Å². The maximum Gasteiger partial charge on any atom is 0.240 e. The van der Waals surface area contributed by atoms with Gasteiger partial charge in [0.15, 0.2) is 0 Å². The summed E-state index contributed by atoms with van der Waals surface area (Å²) in [6.07, 6.45) is 0. The Morgan fingerprint density at radius 1 is 1.37 bits per heavy atom. The Bertz CT molecular complexity index is 596. The van der Waals surface area contributed by atoms with Crippen LogP contribution in [0.3, 0.4) is 0 Å². The molecule has 1 aromatic carbocycles. The quantitative estimate of drug-likeness (QED) is 0.556. The number of nitrogens with two attached hydrogens (primary N) is 3. The smallest absolute Gasteiger partial charge is 0.240 e. The molecular weight excluding hydrogens is 268 g/mol. The van der Waals surface area contributed by atoms with Gasteiger partial charge in [-0.3, -0.25) is 4.79 Å². The van der Waals surface area contributed by atoms with Crippen molar-refractivity contribution >= 4 is 27.3 Å². The third-order valence-corrected chi connectivity index (χ3v) is 3.73. The average molecular weight is 286 g/mol. The SMILES string of the molecule is CC(C)(CNc1cccc(S(N)(=O)=O)c1N)C(N)=O. The molecule has 0 bridgehead atoms. The van der Waals surface area contributed by atoms with Crippen LogP contribution in [-0.2, 0) is 14.8 Å². The van der Waals surface area contributed by atoms with Crippen molar-refractivity contribution in [3.8, 4) is 0 Å². The predicted octanol–water partition coefficient (Wildman–Crippen LogP) is -0.160. The zero-order valence-electron chi connectivity index (χ0n) is 10.8. The van der Waals surface area contributed by atoms with Gasteiger partial charge in [-0.2, -0.15) is 0 Å². The molecule has 0 aliphatic carbocycles. The van der Waals surface area contributed by atoms with Gasteiger partial charge < -0.3 is 16.8 Å². The Morgan fingerprint density at radius 3 is 2.42 bits per heavy atom. The molecule has 0 unspecified atom stereocenters. The second kappa shape index (κ2) is 5.06. The molecule has 0 heterocycles. The van der Waals surface area contributed by atoms with Gasteiger partial charge in [0.2, 0.25) is 15.9 Å². The average Bonchev–Trinajstić information content (AvgIpc) is 2.25. The van der Waals surface area contributed by atoms with Gasteiger partial charge in [-0.25, -0.2) is 13.6 Å². The van der Waals surface area contributed by atoms with E-state index in [-0.39, 0.29) is 17.1 Å². The third kappa shape index (κ3) is 3.58. The molecule has 7 nitrogen and oxygen atoms in total. The molecule has 0 saturated heterocycles. The molecule has 0 aliphatic heterocycles. The summed E-state index contributed by atoms with van der Waals surface area (Å²) in [5.41, 5.74) is 10.6. The van der Waals surface area contributed by atoms with E-state index in [1.807, 2.05) is 0 Å². The number of amides is 1. The Kier molecular flexibility index (Phi) is 4.06. The fourth-order valence-electron chi connectivity index (χ4n) is 1.35. The highest BCUT2D eigenvalue weighted by Crippen LogP contribution is 2.27. The Labute approximate surface area is 112 Å². The van der Waals surface area contributed by atoms with Crippen molar-refractivity contribution < 1.29 is 13.2 Å². The summed E-state index contributed by atoms with van der Waals surface area (Å²) in [5.74, 6) is -0.471. The van der Waals surface area contributed by atoms with Gasteiger partial charge in [-0.1, -0.05) is 6.07 Å². The molecule has 106 valence electrons. The number of primary amides is 1. The molecule has 0 aliphatic rings. The largest absolute Gasteiger partial charge is 0.396 e. The second-order valence-corrected chi connectivity index (χ2v) is 6.39. The first-order valence-corrected chi connectivity index (χ1v) is 7.05. The van der Waals surface area contributed by atoms with E-state index >= 15 is 0 Å². The van der Waals surface area contributed by atoms with Crippen LogP contribution in [0.25, 0.3) is 0 Å². The molecule has 0 atom stereocenters. The van der Waals surface area contributed by atoms with Gasteiger partial charge >= 0.3 is 0 Å². The maximum atomic E-state index is 11.3. The summed E-state index contributed by atoms with van der Waals surface area (Å²) in [7, 11) is -3.88. The van der Waals surface area contributed by atoms with Crippen molar-refractivity contribution in [1.82, 2.24) is 0 Å². The number of anilines is 2. The predicted molar refractivity (Wildman–Crippen MR) is 73.7 cm³/mol. The minimum atomic E-state index is -3.88. The summed E-state index contributed by atoms with van der Waals surface area (Å²) in [5, 5.41) is 7.95. The summed E-state index contributed by atoms with van der Waals surface area (Å²) in [6.45, 7) is 3.56. The van der Waals surface area contributed by atoms with Crippen LogP contribution < -0.4 is 21.9 Å². The Hall–Kier alpha value is -1.80. The summed E-state index contributed by atoms with van der Waals surface area (Å²) in [4.78, 5) is 11.0. The third-order valence-electron chi connectivity index (χ3n) is 2.76. The zero-order valence-corrected chi connectivity index (χ0v) is 11.6. The monoisotopic (exact) mass is 286 g/mol. The molecule has 1 rings (SSSR count). The number of carbonyl (C=O) groups is 1. The van der Waals surface area contributed by atoms with E-state index < -0.39 is 21.3 Å². The lowest BCUT2D eigenvalue weighted by Crippen LogP contribution is -2.37. The Balaban J connectivity index is 3.02. The molecule has 0 spiro atoms. The molecule has 8 heteroatoms. The van der Waals surface area contributed by atoms with E-state index in [2.05, 4.69) is 5.32 Å². The molecule has 0 saturated carbocycles. The number of benzene rings is 1. The van der Waals surface area contributed by atoms with Gasteiger partial charge in [-0.05, 0) is 26.0 Å². The second-order valence-electron chi connectivity index (χ2n) is 4.86. The van der Waals surface area contributed by atoms with Crippen molar-refractivity contribution in [2.45, 2.75) is 18.7 Å². The lowest BCUT2D eigenvalue weighted by molar-refractivity contribution is -0.125. The summed E-state index contributed by atoms with van der Waals surface area (Å²) < 4.78 is 22.6. The molecule has 0 radical (unpaired) electrons. The van der Waals surface area contributed by atoms with Crippen LogP contribution in [0.5, 0.6) is 0 Å². The molecule has 0 aromatic heterocycles. The summed E-state index contributed by atoms with van der Waals surface area (Å²) >= 11 is 0. The normalized spacial score (nSPS) is 12.2. The number of hydrogen-bond donors (Lipinski definition) is 4. The van der Waals surface area contributed by atoms with Crippen LogP contribution >= 0.6 is 0 Å². The number of carbonyl (C=O) groups excluding carboxylic acids is 1. The number of sulfonamides is 1. The van der Waals surface area contributed by atoms with Crippen LogP contribution in [0, 0.1) is 5.41 Å². The standard InChI is InChI=1S/C11H18N4O3S/c1-11(2,10(13)16)6-15-7-4-3-5-8(9(7)12)19(14,17)18/h3-5,15H,6,12H2,1-2H3,(H2,13,16)(H2,14,17,18). The number of hydrogen-bond acceptors (Lipinski definition) is 5. The first-order chi connectivity index (χ1) is 8.55. The lowest BCUT2D eigenvalue weighted by Gasteiger charge is -2.22. The van der Waals surface area contributed by atoms with Crippen molar-refractivity contribution in [3.05, 3.63) is 18.2 Å². The maximum absolute atomic E-state index is 11.3. The number of rotatable bonds is 5. The summed E-state index contributed by atoms with van der Waals surface area (Å²) in [6, 6.07) is 4.42. The zero-order chi connectivity index (χ0) is 14.8. The van der Waals surface area contributed by atoms with Crippen molar-refractivity contribution in [2.75, 3.05) is 17.6 Å². The van der Waals surface area contributed by atoms with E-state index in [9.17, 15) is 13.2 Å². The molecular formula is C11H18N4O3S. The van der Waals surface area contributed by atoms with E-state index in [1.54, 1.807) is 19.9 Å². The first-order valence-electron chi connectivity index (χ1n) is 5.51. The lowest BCUT2D eigenvalue weighted by atomic mass is 9.92. The number of nitrogens with one attached hydrogen (secondary N) is 1. The molecule has 0 fully saturated rings. The van der Waals surface area contributed by atoms with Crippen molar-refractivity contribution in [1.29, 1.82) is 0 Å². The molecule has 7 N–H and O–H groups in total. The highest BCUT2D eigenvalue weighted by Gasteiger charge is 2.25. The van der Waals surface area contributed by atoms with E-state index in [0.717, 1.165) is 0 Å².